The Morgan fingerprint density at radius 2 is 1.31 bits per heavy atom. The highest BCUT2D eigenvalue weighted by molar-refractivity contribution is 6.10. The van der Waals surface area contributed by atoms with Crippen molar-refractivity contribution in [2.75, 3.05) is 76.6 Å². The fourth-order valence-electron chi connectivity index (χ4n) is 11.6. The minimum atomic E-state index is -4.46. The van der Waals surface area contributed by atoms with Crippen molar-refractivity contribution in [2.45, 2.75) is 42.9 Å². The lowest BCUT2D eigenvalue weighted by molar-refractivity contribution is -0.137. The quantitative estimate of drug-likeness (QED) is 0.170. The molecule has 11 rings (SSSR count). The maximum Gasteiger partial charge on any atom is 0.416 e. The summed E-state index contributed by atoms with van der Waals surface area (Å²) in [5, 5.41) is 1.71. The van der Waals surface area contributed by atoms with E-state index >= 15 is 0 Å². The van der Waals surface area contributed by atoms with E-state index in [1.807, 2.05) is 12.1 Å². The lowest BCUT2D eigenvalue weighted by Gasteiger charge is -2.41. The average molecular weight is 801 g/mol. The molecule has 59 heavy (non-hydrogen) atoms. The summed E-state index contributed by atoms with van der Waals surface area (Å²) in [6.45, 7) is 6.10. The summed E-state index contributed by atoms with van der Waals surface area (Å²) < 4.78 is 74.5. The van der Waals surface area contributed by atoms with Crippen LogP contribution in [0.3, 0.4) is 0 Å². The molecule has 2 saturated heterocycles. The molecular formula is C49H47F3N2O5. The van der Waals surface area contributed by atoms with Crippen molar-refractivity contribution in [3.05, 3.63) is 118 Å². The van der Waals surface area contributed by atoms with Crippen LogP contribution in [0, 0.1) is 11.8 Å². The highest BCUT2D eigenvalue weighted by Gasteiger charge is 2.59. The van der Waals surface area contributed by atoms with Gasteiger partial charge in [0.05, 0.1) is 46.2 Å². The molecule has 0 N–H and O–H groups in total. The molecule has 3 aliphatic heterocycles. The van der Waals surface area contributed by atoms with E-state index in [9.17, 15) is 13.2 Å². The molecule has 2 bridgehead atoms. The number of fused-ring (bicyclic) bond motifs is 13. The van der Waals surface area contributed by atoms with Gasteiger partial charge in [0.1, 0.15) is 5.75 Å². The molecule has 0 amide bonds. The van der Waals surface area contributed by atoms with Crippen LogP contribution >= 0.6 is 0 Å². The summed E-state index contributed by atoms with van der Waals surface area (Å²) in [6.07, 6.45) is 3.84. The van der Waals surface area contributed by atoms with Gasteiger partial charge in [0.15, 0.2) is 17.1 Å². The zero-order chi connectivity index (χ0) is 40.1. The standard InChI is InChI=1S/C49H47F3N2O5/c1-55-42-27-39-40(28-43(42)56-2)46-38(45-44(39)37-14-9-34(49(50,51)52)26-41(37)47(45)29-30-3-4-33(47)25-30)15-16-48(59-46,31-5-10-35(11-6-31)53-17-21-57-22-18-53)32-7-12-36(13-8-32)54-19-23-58-24-20-54/h5-16,26-28,30,33H,3-4,17-25,29H2,1-2H3. The number of hydrogen-bond acceptors (Lipinski definition) is 7. The van der Waals surface area contributed by atoms with Crippen molar-refractivity contribution in [3.63, 3.8) is 0 Å². The Bertz CT molecular complexity index is 2430. The van der Waals surface area contributed by atoms with Crippen LogP contribution in [0.25, 0.3) is 28.0 Å². The van der Waals surface area contributed by atoms with E-state index in [2.05, 4.69) is 70.5 Å². The van der Waals surface area contributed by atoms with E-state index in [0.29, 0.717) is 49.6 Å². The summed E-state index contributed by atoms with van der Waals surface area (Å²) in [7, 11) is 3.24. The number of morpholine rings is 2. The maximum atomic E-state index is 14.5. The van der Waals surface area contributed by atoms with Gasteiger partial charge in [-0.15, -0.1) is 0 Å². The van der Waals surface area contributed by atoms with Gasteiger partial charge in [-0.05, 0) is 113 Å². The molecule has 3 unspecified atom stereocenters. The summed E-state index contributed by atoms with van der Waals surface area (Å²) in [6, 6.07) is 25.8. The second kappa shape index (κ2) is 13.7. The van der Waals surface area contributed by atoms with Crippen LogP contribution in [0.15, 0.2) is 84.9 Å². The van der Waals surface area contributed by atoms with Crippen molar-refractivity contribution in [1.82, 2.24) is 0 Å². The number of benzene rings is 5. The van der Waals surface area contributed by atoms with Crippen molar-refractivity contribution < 1.29 is 36.9 Å². The van der Waals surface area contributed by atoms with Gasteiger partial charge in [0.2, 0.25) is 0 Å². The predicted octanol–water partition coefficient (Wildman–Crippen LogP) is 9.98. The number of hydrogen-bond donors (Lipinski definition) is 0. The summed E-state index contributed by atoms with van der Waals surface area (Å²) in [4.78, 5) is 4.69. The van der Waals surface area contributed by atoms with Gasteiger partial charge in [-0.3, -0.25) is 0 Å². The molecule has 7 nitrogen and oxygen atoms in total. The second-order valence-corrected chi connectivity index (χ2v) is 17.0. The van der Waals surface area contributed by atoms with Crippen LogP contribution in [0.2, 0.25) is 0 Å². The van der Waals surface area contributed by atoms with E-state index < -0.39 is 22.8 Å². The molecule has 304 valence electrons. The van der Waals surface area contributed by atoms with Gasteiger partial charge in [-0.25, -0.2) is 0 Å². The van der Waals surface area contributed by atoms with Gasteiger partial charge in [-0.1, -0.05) is 42.8 Å². The SMILES string of the molecule is COc1cc2c3c(c4c(c2cc1OC)-c1ccc(C(F)(F)F)cc1C41CC2CCC1C2)C=CC(c1ccc(N2CCOCC2)cc1)(c1ccc(N2CCOCC2)cc1)O3. The third-order valence-electron chi connectivity index (χ3n) is 14.3. The fourth-order valence-corrected chi connectivity index (χ4v) is 11.6. The average Bonchev–Trinajstić information content (AvgIpc) is 3.98. The molecule has 5 aromatic carbocycles. The molecule has 10 heteroatoms. The molecule has 0 aromatic heterocycles. The number of ether oxygens (including phenoxy) is 5. The van der Waals surface area contributed by atoms with E-state index in [0.717, 1.165) is 113 Å². The summed E-state index contributed by atoms with van der Waals surface area (Å²) in [5.41, 5.74) is 6.63. The number of nitrogens with zero attached hydrogens (tertiary/aromatic N) is 2. The Balaban J connectivity index is 1.15. The van der Waals surface area contributed by atoms with Gasteiger partial charge in [-0.2, -0.15) is 13.2 Å². The van der Waals surface area contributed by atoms with Crippen LogP contribution in [0.5, 0.6) is 17.2 Å². The topological polar surface area (TPSA) is 52.6 Å². The third-order valence-corrected chi connectivity index (χ3v) is 14.3. The molecule has 3 heterocycles. The number of anilines is 2. The number of rotatable bonds is 6. The molecule has 4 fully saturated rings. The smallest absolute Gasteiger partial charge is 0.416 e. The highest BCUT2D eigenvalue weighted by atomic mass is 19.4. The Kier molecular flexibility index (Phi) is 8.54. The summed E-state index contributed by atoms with van der Waals surface area (Å²) >= 11 is 0. The van der Waals surface area contributed by atoms with Gasteiger partial charge in [0.25, 0.3) is 0 Å². The highest BCUT2D eigenvalue weighted by Crippen LogP contribution is 2.69. The zero-order valence-electron chi connectivity index (χ0n) is 33.4. The molecule has 3 atom stereocenters. The van der Waals surface area contributed by atoms with Crippen LogP contribution in [0.4, 0.5) is 24.5 Å². The Morgan fingerprint density at radius 3 is 1.83 bits per heavy atom. The monoisotopic (exact) mass is 800 g/mol. The minimum absolute atomic E-state index is 0.221. The van der Waals surface area contributed by atoms with Crippen molar-refractivity contribution in [3.8, 4) is 28.4 Å². The van der Waals surface area contributed by atoms with Gasteiger partial charge >= 0.3 is 6.18 Å². The molecule has 5 aromatic rings. The summed E-state index contributed by atoms with van der Waals surface area (Å²) in [5.74, 6) is 2.48. The Morgan fingerprint density at radius 1 is 0.712 bits per heavy atom. The normalized spacial score (nSPS) is 23.9. The van der Waals surface area contributed by atoms with E-state index in [1.165, 1.54) is 12.1 Å². The maximum absolute atomic E-state index is 14.5. The first-order valence-electron chi connectivity index (χ1n) is 20.9. The first-order valence-corrected chi connectivity index (χ1v) is 20.9. The van der Waals surface area contributed by atoms with E-state index in [1.54, 1.807) is 20.3 Å². The predicted molar refractivity (Wildman–Crippen MR) is 223 cm³/mol. The van der Waals surface area contributed by atoms with Crippen LogP contribution in [0.1, 0.15) is 59.1 Å². The fraction of sp³-hybridized carbons (Fsp3) is 0.388. The largest absolute Gasteiger partial charge is 0.493 e. The third kappa shape index (κ3) is 5.54. The molecule has 2 saturated carbocycles. The minimum Gasteiger partial charge on any atom is -0.493 e. The van der Waals surface area contributed by atoms with E-state index in [-0.39, 0.29) is 5.92 Å². The van der Waals surface area contributed by atoms with Crippen molar-refractivity contribution in [1.29, 1.82) is 0 Å². The van der Waals surface area contributed by atoms with Crippen molar-refractivity contribution in [2.24, 2.45) is 11.8 Å². The molecule has 1 spiro atoms. The van der Waals surface area contributed by atoms with Crippen LogP contribution in [-0.4, -0.2) is 66.8 Å². The lowest BCUT2D eigenvalue weighted by atomic mass is 9.65. The number of methoxy groups -OCH3 is 2. The van der Waals surface area contributed by atoms with Crippen LogP contribution in [-0.2, 0) is 26.7 Å². The van der Waals surface area contributed by atoms with Crippen LogP contribution < -0.4 is 24.0 Å². The number of alkyl halides is 3. The second-order valence-electron chi connectivity index (χ2n) is 17.0. The Hall–Kier alpha value is -5.19. The number of halogens is 3. The molecular weight excluding hydrogens is 754 g/mol. The molecule has 3 aliphatic carbocycles. The molecule has 0 radical (unpaired) electrons. The van der Waals surface area contributed by atoms with Crippen molar-refractivity contribution >= 4 is 28.2 Å². The zero-order valence-corrected chi connectivity index (χ0v) is 33.4. The molecule has 6 aliphatic rings. The van der Waals surface area contributed by atoms with Gasteiger partial charge in [0, 0.05) is 65.0 Å². The van der Waals surface area contributed by atoms with Gasteiger partial charge < -0.3 is 33.5 Å². The first kappa shape index (κ1) is 36.9. The Labute approximate surface area is 342 Å². The first-order chi connectivity index (χ1) is 28.7. The van der Waals surface area contributed by atoms with E-state index in [4.69, 9.17) is 23.7 Å². The lowest BCUT2D eigenvalue weighted by Crippen LogP contribution is -2.38.